The molecule has 0 aliphatic carbocycles. The molecule has 1 atom stereocenters. The van der Waals surface area contributed by atoms with Crippen LogP contribution in [0.2, 0.25) is 0 Å². The number of aryl methyl sites for hydroxylation is 2. The van der Waals surface area contributed by atoms with Crippen molar-refractivity contribution in [2.75, 3.05) is 11.4 Å². The predicted molar refractivity (Wildman–Crippen MR) is 82.7 cm³/mol. The third kappa shape index (κ3) is 2.30. The molecule has 0 spiro atoms. The van der Waals surface area contributed by atoms with Crippen molar-refractivity contribution in [3.05, 3.63) is 57.9 Å². The van der Waals surface area contributed by atoms with E-state index in [1.807, 2.05) is 12.1 Å². The molecule has 0 amide bonds. The standard InChI is InChI=1S/C17H18FN3O/c18-13-4-1-3-12(9-13)6-7-14-10-16-20-8-2-5-15(20)11-21(16)17(22)19-14/h1,3-4,9-10,15H,2,5-8,11H2. The van der Waals surface area contributed by atoms with Crippen LogP contribution in [-0.4, -0.2) is 22.1 Å². The van der Waals surface area contributed by atoms with Crippen molar-refractivity contribution >= 4 is 5.82 Å². The molecule has 1 fully saturated rings. The van der Waals surface area contributed by atoms with Gasteiger partial charge in [-0.25, -0.2) is 9.18 Å². The molecular weight excluding hydrogens is 281 g/mol. The zero-order valence-corrected chi connectivity index (χ0v) is 12.3. The molecular formula is C17H18FN3O. The average Bonchev–Trinajstić information content (AvgIpc) is 3.07. The Hall–Kier alpha value is -2.17. The lowest BCUT2D eigenvalue weighted by Crippen LogP contribution is -2.24. The molecule has 1 aromatic heterocycles. The van der Waals surface area contributed by atoms with E-state index in [0.29, 0.717) is 18.9 Å². The van der Waals surface area contributed by atoms with Crippen LogP contribution in [0.1, 0.15) is 24.1 Å². The molecule has 1 unspecified atom stereocenters. The molecule has 1 aromatic carbocycles. The highest BCUT2D eigenvalue weighted by Crippen LogP contribution is 2.31. The summed E-state index contributed by atoms with van der Waals surface area (Å²) in [4.78, 5) is 18.7. The van der Waals surface area contributed by atoms with E-state index in [-0.39, 0.29) is 11.5 Å². The number of hydrogen-bond acceptors (Lipinski definition) is 3. The van der Waals surface area contributed by atoms with E-state index in [4.69, 9.17) is 0 Å². The zero-order valence-electron chi connectivity index (χ0n) is 12.3. The summed E-state index contributed by atoms with van der Waals surface area (Å²) < 4.78 is 15.0. The number of nitrogens with zero attached hydrogens (tertiary/aromatic N) is 3. The van der Waals surface area contributed by atoms with Gasteiger partial charge in [-0.1, -0.05) is 12.1 Å². The SMILES string of the molecule is O=c1nc(CCc2cccc(F)c2)cc2n1CC1CCCN21. The molecule has 4 nitrogen and oxygen atoms in total. The quantitative estimate of drug-likeness (QED) is 0.871. The van der Waals surface area contributed by atoms with Gasteiger partial charge in [0.2, 0.25) is 0 Å². The molecule has 22 heavy (non-hydrogen) atoms. The van der Waals surface area contributed by atoms with Gasteiger partial charge in [-0.15, -0.1) is 0 Å². The topological polar surface area (TPSA) is 38.1 Å². The van der Waals surface area contributed by atoms with Gasteiger partial charge in [-0.05, 0) is 43.4 Å². The smallest absolute Gasteiger partial charge is 0.349 e. The maximum Gasteiger partial charge on any atom is 0.349 e. The summed E-state index contributed by atoms with van der Waals surface area (Å²) >= 11 is 0. The van der Waals surface area contributed by atoms with Gasteiger partial charge < -0.3 is 4.90 Å². The fourth-order valence-corrected chi connectivity index (χ4v) is 3.58. The Morgan fingerprint density at radius 2 is 2.18 bits per heavy atom. The van der Waals surface area contributed by atoms with Crippen LogP contribution in [0.15, 0.2) is 35.1 Å². The normalized spacial score (nSPS) is 19.3. The minimum Gasteiger partial charge on any atom is -0.353 e. The molecule has 0 saturated carbocycles. The van der Waals surface area contributed by atoms with E-state index in [2.05, 4.69) is 9.88 Å². The second-order valence-electron chi connectivity index (χ2n) is 6.12. The molecule has 5 heteroatoms. The van der Waals surface area contributed by atoms with Crippen LogP contribution >= 0.6 is 0 Å². The van der Waals surface area contributed by atoms with Gasteiger partial charge in [-0.3, -0.25) is 4.57 Å². The molecule has 2 aliphatic heterocycles. The lowest BCUT2D eigenvalue weighted by molar-refractivity contribution is 0.602. The molecule has 2 aromatic rings. The molecule has 0 N–H and O–H groups in total. The third-order valence-electron chi connectivity index (χ3n) is 4.67. The van der Waals surface area contributed by atoms with Crippen LogP contribution in [0.3, 0.4) is 0 Å². The Balaban J connectivity index is 1.57. The van der Waals surface area contributed by atoms with Crippen LogP contribution in [0.25, 0.3) is 0 Å². The van der Waals surface area contributed by atoms with Crippen LogP contribution in [0, 0.1) is 5.82 Å². The molecule has 3 heterocycles. The van der Waals surface area contributed by atoms with Crippen LogP contribution in [-0.2, 0) is 19.4 Å². The number of benzene rings is 1. The first-order valence-electron chi connectivity index (χ1n) is 7.82. The fraction of sp³-hybridized carbons (Fsp3) is 0.412. The monoisotopic (exact) mass is 299 g/mol. The lowest BCUT2D eigenvalue weighted by Gasteiger charge is -2.17. The fourth-order valence-electron chi connectivity index (χ4n) is 3.58. The summed E-state index contributed by atoms with van der Waals surface area (Å²) in [7, 11) is 0. The molecule has 4 rings (SSSR count). The Bertz CT molecular complexity index is 771. The average molecular weight is 299 g/mol. The van der Waals surface area contributed by atoms with E-state index in [1.165, 1.54) is 18.6 Å². The minimum absolute atomic E-state index is 0.152. The van der Waals surface area contributed by atoms with E-state index in [9.17, 15) is 9.18 Å². The second kappa shape index (κ2) is 5.23. The van der Waals surface area contributed by atoms with E-state index in [0.717, 1.165) is 36.6 Å². The first kappa shape index (κ1) is 13.5. The summed E-state index contributed by atoms with van der Waals surface area (Å²) in [5, 5.41) is 0. The Kier molecular flexibility index (Phi) is 3.21. The van der Waals surface area contributed by atoms with Gasteiger partial charge in [-0.2, -0.15) is 4.98 Å². The van der Waals surface area contributed by atoms with Crippen LogP contribution < -0.4 is 10.6 Å². The summed E-state index contributed by atoms with van der Waals surface area (Å²) in [6, 6.07) is 9.09. The number of aromatic nitrogens is 2. The molecule has 1 saturated heterocycles. The molecule has 0 bridgehead atoms. The molecule has 0 radical (unpaired) electrons. The molecule has 114 valence electrons. The van der Waals surface area contributed by atoms with Crippen molar-refractivity contribution in [3.8, 4) is 0 Å². The third-order valence-corrected chi connectivity index (χ3v) is 4.67. The highest BCUT2D eigenvalue weighted by molar-refractivity contribution is 5.46. The first-order chi connectivity index (χ1) is 10.7. The lowest BCUT2D eigenvalue weighted by atomic mass is 10.1. The maximum atomic E-state index is 13.2. The Morgan fingerprint density at radius 1 is 1.27 bits per heavy atom. The van der Waals surface area contributed by atoms with Gasteiger partial charge in [0, 0.05) is 25.2 Å². The largest absolute Gasteiger partial charge is 0.353 e. The summed E-state index contributed by atoms with van der Waals surface area (Å²) in [6.07, 6.45) is 3.70. The van der Waals surface area contributed by atoms with E-state index in [1.54, 1.807) is 10.6 Å². The number of halogens is 1. The van der Waals surface area contributed by atoms with Gasteiger partial charge >= 0.3 is 5.69 Å². The van der Waals surface area contributed by atoms with Crippen molar-refractivity contribution in [1.29, 1.82) is 0 Å². The number of fused-ring (bicyclic) bond motifs is 3. The van der Waals surface area contributed by atoms with E-state index >= 15 is 0 Å². The number of hydrogen-bond donors (Lipinski definition) is 0. The Morgan fingerprint density at radius 3 is 3.05 bits per heavy atom. The Labute approximate surface area is 128 Å². The van der Waals surface area contributed by atoms with Crippen molar-refractivity contribution in [3.63, 3.8) is 0 Å². The highest BCUT2D eigenvalue weighted by Gasteiger charge is 2.34. The van der Waals surface area contributed by atoms with E-state index < -0.39 is 0 Å². The highest BCUT2D eigenvalue weighted by atomic mass is 19.1. The second-order valence-corrected chi connectivity index (χ2v) is 6.12. The summed E-state index contributed by atoms with van der Waals surface area (Å²) in [5.74, 6) is 0.788. The maximum absolute atomic E-state index is 13.2. The van der Waals surface area contributed by atoms with Crippen molar-refractivity contribution < 1.29 is 4.39 Å². The van der Waals surface area contributed by atoms with Crippen molar-refractivity contribution in [2.24, 2.45) is 0 Å². The van der Waals surface area contributed by atoms with Gasteiger partial charge in [0.1, 0.15) is 11.6 Å². The van der Waals surface area contributed by atoms with Gasteiger partial charge in [0.25, 0.3) is 0 Å². The summed E-state index contributed by atoms with van der Waals surface area (Å²) in [6.45, 7) is 1.79. The van der Waals surface area contributed by atoms with Gasteiger partial charge in [0.15, 0.2) is 0 Å². The number of rotatable bonds is 3. The first-order valence-corrected chi connectivity index (χ1v) is 7.82. The zero-order chi connectivity index (χ0) is 15.1. The van der Waals surface area contributed by atoms with Crippen LogP contribution in [0.5, 0.6) is 0 Å². The van der Waals surface area contributed by atoms with Gasteiger partial charge in [0.05, 0.1) is 5.69 Å². The van der Waals surface area contributed by atoms with Crippen LogP contribution in [0.4, 0.5) is 10.2 Å². The number of anilines is 1. The van der Waals surface area contributed by atoms with Crippen molar-refractivity contribution in [2.45, 2.75) is 38.3 Å². The predicted octanol–water partition coefficient (Wildman–Crippen LogP) is 2.15. The van der Waals surface area contributed by atoms with Crippen molar-refractivity contribution in [1.82, 2.24) is 9.55 Å². The molecule has 2 aliphatic rings. The minimum atomic E-state index is -0.223. The summed E-state index contributed by atoms with van der Waals surface area (Å²) in [5.41, 5.74) is 1.58.